The molecule has 0 amide bonds. The molecule has 0 saturated carbocycles. The van der Waals surface area contributed by atoms with Gasteiger partial charge >= 0.3 is 135 Å². The molecule has 23 heavy (non-hydrogen) atoms. The first-order chi connectivity index (χ1) is 11.1. The van der Waals surface area contributed by atoms with Crippen LogP contribution in [0, 0.1) is 6.92 Å². The van der Waals surface area contributed by atoms with Gasteiger partial charge in [-0.15, -0.1) is 0 Å². The van der Waals surface area contributed by atoms with Gasteiger partial charge in [-0.2, -0.15) is 0 Å². The maximum atomic E-state index is 11.9. The fourth-order valence-corrected chi connectivity index (χ4v) is 2.89. The van der Waals surface area contributed by atoms with E-state index in [1.807, 2.05) is 38.1 Å². The van der Waals surface area contributed by atoms with Gasteiger partial charge in [0.1, 0.15) is 0 Å². The Labute approximate surface area is 136 Å². The third kappa shape index (κ3) is 4.12. The fraction of sp³-hybridized carbons (Fsp3) is 0.333. The van der Waals surface area contributed by atoms with Gasteiger partial charge in [0.15, 0.2) is 0 Å². The molecule has 4 nitrogen and oxygen atoms in total. The topological polar surface area (TPSA) is 60.4 Å². The summed E-state index contributed by atoms with van der Waals surface area (Å²) in [4.78, 5) is 32.9. The predicted molar refractivity (Wildman–Crippen MR) is 89.6 cm³/mol. The van der Waals surface area contributed by atoms with Crippen molar-refractivity contribution in [3.05, 3.63) is 40.9 Å². The molecule has 0 aliphatic carbocycles. The Hall–Kier alpha value is -2.30. The Kier molecular flexibility index (Phi) is 5.80. The number of carbonyl (C=O) groups is 3. The van der Waals surface area contributed by atoms with Crippen LogP contribution in [0.3, 0.4) is 0 Å². The molecule has 0 radical (unpaired) electrons. The summed E-state index contributed by atoms with van der Waals surface area (Å²) in [6, 6.07) is 7.85. The summed E-state index contributed by atoms with van der Waals surface area (Å²) in [6.45, 7) is 6.25. The Morgan fingerprint density at radius 2 is 2.09 bits per heavy atom. The number of hydrogen-bond donors (Lipinski definition) is 0. The van der Waals surface area contributed by atoms with Crippen molar-refractivity contribution in [2.24, 2.45) is 0 Å². The molecule has 1 unspecified atom stereocenters. The molecule has 1 aromatic carbocycles. The van der Waals surface area contributed by atoms with E-state index in [2.05, 4.69) is 0 Å². The molecular weight excluding hydrogens is 291 g/mol. The van der Waals surface area contributed by atoms with Crippen LogP contribution < -0.4 is 0 Å². The predicted octanol–water partition coefficient (Wildman–Crippen LogP) is 2.81. The van der Waals surface area contributed by atoms with E-state index in [0.29, 0.717) is 19.3 Å². The van der Waals surface area contributed by atoms with Crippen LogP contribution in [0.15, 0.2) is 24.3 Å². The van der Waals surface area contributed by atoms with E-state index in [4.69, 9.17) is 4.74 Å². The Morgan fingerprint density at radius 1 is 1.30 bits per heavy atom. The Bertz CT molecular complexity index is 739. The summed E-state index contributed by atoms with van der Waals surface area (Å²) < 4.78 is 4.78. The normalized spacial score (nSPS) is 11.7. The van der Waals surface area contributed by atoms with Gasteiger partial charge in [0.25, 0.3) is 0 Å². The third-order valence-electron chi connectivity index (χ3n) is 4.05. The number of Topliss-reactive ketones (excluding diaryl/α,β-unsaturated/α-hetero) is 1. The van der Waals surface area contributed by atoms with Gasteiger partial charge in [0.2, 0.25) is 0 Å². The van der Waals surface area contributed by atoms with Crippen molar-refractivity contribution in [2.75, 3.05) is 0 Å². The zero-order chi connectivity index (χ0) is 16.8. The van der Waals surface area contributed by atoms with Crippen LogP contribution in [0.25, 0.3) is 10.7 Å². The van der Waals surface area contributed by atoms with Crippen LogP contribution in [-0.4, -0.2) is 25.5 Å². The fourth-order valence-electron chi connectivity index (χ4n) is 2.89. The number of ketones is 1. The molecule has 1 aromatic heterocycles. The second kappa shape index (κ2) is 7.81. The van der Waals surface area contributed by atoms with Crippen molar-refractivity contribution < 1.29 is 19.1 Å². The molecule has 0 N–H and O–H groups in total. The summed E-state index contributed by atoms with van der Waals surface area (Å²) >= 11 is 0. The molecule has 2 aromatic rings. The van der Waals surface area contributed by atoms with Crippen LogP contribution >= 0.6 is 0 Å². The number of aryl methyl sites for hydroxylation is 1. The number of carbonyl (C=O) groups excluding carboxylic acids is 3. The van der Waals surface area contributed by atoms with Crippen LogP contribution in [0.5, 0.6) is 0 Å². The van der Waals surface area contributed by atoms with Crippen LogP contribution in [0.1, 0.15) is 42.3 Å². The van der Waals surface area contributed by atoms with E-state index in [9.17, 15) is 14.4 Å². The van der Waals surface area contributed by atoms with Crippen LogP contribution in [0.2, 0.25) is 0 Å². The Balaban J connectivity index is 2.41. The maximum absolute atomic E-state index is 11.9. The molecule has 0 fully saturated rings. The van der Waals surface area contributed by atoms with Crippen molar-refractivity contribution in [1.29, 1.82) is 0 Å². The second-order valence-electron chi connectivity index (χ2n) is 5.70. The van der Waals surface area contributed by atoms with Gasteiger partial charge in [-0.25, -0.2) is 0 Å². The van der Waals surface area contributed by atoms with E-state index in [-0.39, 0.29) is 18.3 Å². The van der Waals surface area contributed by atoms with Crippen LogP contribution in [0.4, 0.5) is 0 Å². The molecule has 1 atom stereocenters. The standard InChI is InChI=1S/C18H19BO4/c1-12-17(16(13(2)22)4-3-7-20)9-15-6-5-14(10-23-11-21)8-18(15)19-12/h5-9,11,16H,3-4,10H2,1-2H3. The van der Waals surface area contributed by atoms with Crippen LogP contribution in [-0.2, 0) is 25.7 Å². The number of ether oxygens (including phenoxy) is 1. The zero-order valence-corrected chi connectivity index (χ0v) is 13.4. The molecule has 0 aliphatic heterocycles. The van der Waals surface area contributed by atoms with E-state index in [1.54, 1.807) is 6.92 Å². The molecule has 0 bridgehead atoms. The summed E-state index contributed by atoms with van der Waals surface area (Å²) in [7, 11) is 0. The first-order valence-electron chi connectivity index (χ1n) is 7.59. The zero-order valence-electron chi connectivity index (χ0n) is 13.4. The van der Waals surface area contributed by atoms with Gasteiger partial charge in [-0.3, -0.25) is 0 Å². The summed E-state index contributed by atoms with van der Waals surface area (Å²) in [6.07, 6.45) is 1.77. The van der Waals surface area contributed by atoms with E-state index in [1.165, 1.54) is 0 Å². The molecule has 0 spiro atoms. The van der Waals surface area contributed by atoms with Gasteiger partial charge in [0, 0.05) is 0 Å². The quantitative estimate of drug-likeness (QED) is 0.703. The number of benzene rings is 1. The average molecular weight is 310 g/mol. The molecule has 0 aliphatic rings. The van der Waals surface area contributed by atoms with Crippen molar-refractivity contribution in [2.45, 2.75) is 39.2 Å². The van der Waals surface area contributed by atoms with Crippen molar-refractivity contribution in [3.8, 4) is 0 Å². The minimum absolute atomic E-state index is 0.0744. The minimum atomic E-state index is -0.248. The SMILES string of the molecule is CC(=O)C(CCC=O)c1cc2ccc(COC=O)cc2bc1C. The first-order valence-corrected chi connectivity index (χ1v) is 7.59. The van der Waals surface area contributed by atoms with Crippen molar-refractivity contribution in [3.63, 3.8) is 0 Å². The van der Waals surface area contributed by atoms with Gasteiger partial charge < -0.3 is 0 Å². The van der Waals surface area contributed by atoms with Crippen molar-refractivity contribution >= 4 is 36.1 Å². The average Bonchev–Trinajstić information content (AvgIpc) is 2.53. The summed E-state index contributed by atoms with van der Waals surface area (Å²) in [5, 5.41) is 2.06. The molecule has 5 heteroatoms. The van der Waals surface area contributed by atoms with Gasteiger partial charge in [-0.05, 0) is 0 Å². The molecule has 2 rings (SSSR count). The summed E-state index contributed by atoms with van der Waals surface area (Å²) in [5.41, 5.74) is 2.92. The van der Waals surface area contributed by atoms with Gasteiger partial charge in [0.05, 0.1) is 0 Å². The molecule has 1 heterocycles. The number of rotatable bonds is 8. The first kappa shape index (κ1) is 17.1. The third-order valence-corrected chi connectivity index (χ3v) is 4.05. The second-order valence-corrected chi connectivity index (χ2v) is 5.70. The van der Waals surface area contributed by atoms with E-state index < -0.39 is 0 Å². The monoisotopic (exact) mass is 310 g/mol. The van der Waals surface area contributed by atoms with E-state index in [0.717, 1.165) is 33.5 Å². The molecule has 118 valence electrons. The molecular formula is C18H19BO4. The van der Waals surface area contributed by atoms with Crippen molar-refractivity contribution in [1.82, 2.24) is 0 Å². The summed E-state index contributed by atoms with van der Waals surface area (Å²) in [5.74, 6) is -0.173. The van der Waals surface area contributed by atoms with E-state index >= 15 is 0 Å². The number of aldehydes is 1. The Morgan fingerprint density at radius 3 is 2.74 bits per heavy atom. The number of hydrogen-bond acceptors (Lipinski definition) is 4. The number of fused-ring (bicyclic) bond motifs is 1. The van der Waals surface area contributed by atoms with Gasteiger partial charge in [-0.1, -0.05) is 0 Å². The molecule has 0 saturated heterocycles.